The van der Waals surface area contributed by atoms with E-state index in [4.69, 9.17) is 4.42 Å². The lowest BCUT2D eigenvalue weighted by atomic mass is 10.0. The summed E-state index contributed by atoms with van der Waals surface area (Å²) in [5.74, 6) is 3.19. The molecular weight excluding hydrogens is 298 g/mol. The number of rotatable bonds is 4. The Bertz CT molecular complexity index is 746. The number of hydrogen-bond acceptors (Lipinski definition) is 2. The van der Waals surface area contributed by atoms with E-state index in [-0.39, 0.29) is 11.9 Å². The number of benzene rings is 1. The van der Waals surface area contributed by atoms with Gasteiger partial charge in [0.15, 0.2) is 0 Å². The normalized spacial score (nSPS) is 26.2. The van der Waals surface area contributed by atoms with E-state index < -0.39 is 0 Å². The van der Waals surface area contributed by atoms with Crippen LogP contribution in [0.25, 0.3) is 6.08 Å². The Morgan fingerprint density at radius 2 is 2.00 bits per heavy atom. The Kier molecular flexibility index (Phi) is 4.01. The predicted octanol–water partition coefficient (Wildman–Crippen LogP) is 4.78. The molecule has 3 unspecified atom stereocenters. The second-order valence-electron chi connectivity index (χ2n) is 6.99. The zero-order valence-electron chi connectivity index (χ0n) is 14.0. The largest absolute Gasteiger partial charge is 0.461 e. The second-order valence-corrected chi connectivity index (χ2v) is 6.99. The van der Waals surface area contributed by atoms with E-state index in [0.717, 1.165) is 36.8 Å². The highest BCUT2D eigenvalue weighted by Crippen LogP contribution is 2.47. The van der Waals surface area contributed by atoms with E-state index in [1.807, 2.05) is 35.2 Å². The summed E-state index contributed by atoms with van der Waals surface area (Å²) in [5, 5.41) is 0. The van der Waals surface area contributed by atoms with Gasteiger partial charge in [-0.2, -0.15) is 0 Å². The second kappa shape index (κ2) is 6.31. The van der Waals surface area contributed by atoms with Gasteiger partial charge >= 0.3 is 0 Å². The van der Waals surface area contributed by atoms with E-state index in [9.17, 15) is 4.79 Å². The van der Waals surface area contributed by atoms with E-state index >= 15 is 0 Å². The van der Waals surface area contributed by atoms with Crippen molar-refractivity contribution in [2.45, 2.75) is 38.1 Å². The molecule has 1 aromatic carbocycles. The Labute approximate surface area is 143 Å². The predicted molar refractivity (Wildman–Crippen MR) is 94.4 cm³/mol. The SMILES string of the molecule is CC1CC1c1ccc(/C=C/C(=O)N2CCCC2c2ccccc2)o1. The fourth-order valence-corrected chi connectivity index (χ4v) is 3.68. The number of hydrogen-bond donors (Lipinski definition) is 0. The minimum Gasteiger partial charge on any atom is -0.461 e. The maximum atomic E-state index is 12.6. The summed E-state index contributed by atoms with van der Waals surface area (Å²) < 4.78 is 5.84. The van der Waals surface area contributed by atoms with Crippen LogP contribution in [-0.2, 0) is 4.79 Å². The highest BCUT2D eigenvalue weighted by atomic mass is 16.3. The van der Waals surface area contributed by atoms with Crippen molar-refractivity contribution in [3.8, 4) is 0 Å². The lowest BCUT2D eigenvalue weighted by Crippen LogP contribution is -2.28. The molecule has 2 aliphatic rings. The van der Waals surface area contributed by atoms with Gasteiger partial charge in [-0.25, -0.2) is 0 Å². The first-order valence-electron chi connectivity index (χ1n) is 8.86. The average molecular weight is 321 g/mol. The molecule has 3 atom stereocenters. The van der Waals surface area contributed by atoms with E-state index in [1.165, 1.54) is 12.0 Å². The highest BCUT2D eigenvalue weighted by Gasteiger charge is 2.36. The van der Waals surface area contributed by atoms with Gasteiger partial charge in [-0.05, 0) is 49.0 Å². The number of amides is 1. The Balaban J connectivity index is 1.44. The van der Waals surface area contributed by atoms with Crippen molar-refractivity contribution in [3.05, 3.63) is 65.6 Å². The summed E-state index contributed by atoms with van der Waals surface area (Å²) in [7, 11) is 0. The molecule has 1 saturated carbocycles. The third-order valence-electron chi connectivity index (χ3n) is 5.23. The van der Waals surface area contributed by atoms with Crippen molar-refractivity contribution in [1.82, 2.24) is 4.90 Å². The molecule has 24 heavy (non-hydrogen) atoms. The maximum Gasteiger partial charge on any atom is 0.247 e. The first-order chi connectivity index (χ1) is 11.7. The molecule has 2 fully saturated rings. The first-order valence-corrected chi connectivity index (χ1v) is 8.86. The average Bonchev–Trinajstić information content (AvgIpc) is 3.05. The third kappa shape index (κ3) is 3.03. The standard InChI is InChI=1S/C21H23NO2/c1-15-14-18(15)20-11-9-17(24-20)10-12-21(23)22-13-5-8-19(22)16-6-3-2-4-7-16/h2-4,6-7,9-12,15,18-19H,5,8,13-14H2,1H3/b12-10+. The zero-order chi connectivity index (χ0) is 16.5. The number of carbonyl (C=O) groups excluding carboxylic acids is 1. The number of likely N-dealkylation sites (tertiary alicyclic amines) is 1. The number of furan rings is 1. The van der Waals surface area contributed by atoms with Crippen molar-refractivity contribution >= 4 is 12.0 Å². The van der Waals surface area contributed by atoms with Crippen molar-refractivity contribution < 1.29 is 9.21 Å². The van der Waals surface area contributed by atoms with Crippen LogP contribution >= 0.6 is 0 Å². The fourth-order valence-electron chi connectivity index (χ4n) is 3.68. The molecule has 3 nitrogen and oxygen atoms in total. The molecule has 124 valence electrons. The quantitative estimate of drug-likeness (QED) is 0.759. The van der Waals surface area contributed by atoms with Crippen LogP contribution in [0, 0.1) is 5.92 Å². The lowest BCUT2D eigenvalue weighted by Gasteiger charge is -2.23. The smallest absolute Gasteiger partial charge is 0.247 e. The first kappa shape index (κ1) is 15.3. The molecule has 3 heteroatoms. The Morgan fingerprint density at radius 1 is 1.21 bits per heavy atom. The highest BCUT2D eigenvalue weighted by molar-refractivity contribution is 5.92. The summed E-state index contributed by atoms with van der Waals surface area (Å²) >= 11 is 0. The summed E-state index contributed by atoms with van der Waals surface area (Å²) in [6.45, 7) is 3.06. The topological polar surface area (TPSA) is 33.5 Å². The number of carbonyl (C=O) groups is 1. The van der Waals surface area contributed by atoms with Crippen LogP contribution in [-0.4, -0.2) is 17.4 Å². The van der Waals surface area contributed by atoms with Crippen molar-refractivity contribution in [2.24, 2.45) is 5.92 Å². The molecule has 1 aliphatic carbocycles. The summed E-state index contributed by atoms with van der Waals surface area (Å²) in [5.41, 5.74) is 1.22. The number of nitrogens with zero attached hydrogens (tertiary/aromatic N) is 1. The van der Waals surface area contributed by atoms with Crippen LogP contribution in [0.4, 0.5) is 0 Å². The van der Waals surface area contributed by atoms with E-state index in [1.54, 1.807) is 12.2 Å². The van der Waals surface area contributed by atoms with Crippen molar-refractivity contribution in [1.29, 1.82) is 0 Å². The van der Waals surface area contributed by atoms with Gasteiger partial charge < -0.3 is 9.32 Å². The van der Waals surface area contributed by atoms with E-state index in [0.29, 0.717) is 5.92 Å². The van der Waals surface area contributed by atoms with Gasteiger partial charge in [0.2, 0.25) is 5.91 Å². The zero-order valence-corrected chi connectivity index (χ0v) is 14.0. The Morgan fingerprint density at radius 3 is 2.75 bits per heavy atom. The molecule has 0 radical (unpaired) electrons. The molecule has 4 rings (SSSR count). The minimum absolute atomic E-state index is 0.0686. The van der Waals surface area contributed by atoms with Gasteiger partial charge in [0.25, 0.3) is 0 Å². The van der Waals surface area contributed by atoms with Gasteiger partial charge in [0.1, 0.15) is 11.5 Å². The van der Waals surface area contributed by atoms with Gasteiger partial charge in [-0.1, -0.05) is 37.3 Å². The van der Waals surface area contributed by atoms with Crippen LogP contribution < -0.4 is 0 Å². The fraction of sp³-hybridized carbons (Fsp3) is 0.381. The molecule has 0 N–H and O–H groups in total. The van der Waals surface area contributed by atoms with Crippen LogP contribution in [0.5, 0.6) is 0 Å². The summed E-state index contributed by atoms with van der Waals surface area (Å²) in [6, 6.07) is 14.5. The molecule has 1 saturated heterocycles. The monoisotopic (exact) mass is 321 g/mol. The molecule has 0 bridgehead atoms. The van der Waals surface area contributed by atoms with Gasteiger partial charge in [-0.15, -0.1) is 0 Å². The molecule has 1 aromatic heterocycles. The lowest BCUT2D eigenvalue weighted by molar-refractivity contribution is -0.126. The van der Waals surface area contributed by atoms with Gasteiger partial charge in [0, 0.05) is 18.5 Å². The van der Waals surface area contributed by atoms with Crippen molar-refractivity contribution in [3.63, 3.8) is 0 Å². The van der Waals surface area contributed by atoms with Crippen LogP contribution in [0.1, 0.15) is 55.2 Å². The Hall–Kier alpha value is -2.29. The molecule has 2 aromatic rings. The molecule has 0 spiro atoms. The van der Waals surface area contributed by atoms with Crippen molar-refractivity contribution in [2.75, 3.05) is 6.54 Å². The van der Waals surface area contributed by atoms with Gasteiger partial charge in [-0.3, -0.25) is 4.79 Å². The third-order valence-corrected chi connectivity index (χ3v) is 5.23. The molecule has 1 aliphatic heterocycles. The van der Waals surface area contributed by atoms with Crippen LogP contribution in [0.3, 0.4) is 0 Å². The maximum absolute atomic E-state index is 12.6. The molecular formula is C21H23NO2. The summed E-state index contributed by atoms with van der Waals surface area (Å²) in [6.07, 6.45) is 6.76. The van der Waals surface area contributed by atoms with Crippen LogP contribution in [0.15, 0.2) is 53.0 Å². The molecule has 2 heterocycles. The molecule has 1 amide bonds. The van der Waals surface area contributed by atoms with E-state index in [2.05, 4.69) is 19.1 Å². The minimum atomic E-state index is 0.0686. The van der Waals surface area contributed by atoms with Gasteiger partial charge in [0.05, 0.1) is 6.04 Å². The summed E-state index contributed by atoms with van der Waals surface area (Å²) in [4.78, 5) is 14.6. The van der Waals surface area contributed by atoms with Crippen LogP contribution in [0.2, 0.25) is 0 Å².